The van der Waals surface area contributed by atoms with E-state index in [-0.39, 0.29) is 18.1 Å². The number of Topliss-reactive ketones (excluding diaryl/α,β-unsaturated/α-hetero) is 1. The molecule has 0 saturated carbocycles. The molecule has 2 aromatic rings. The SMILES string of the molecule is CC(=O)c1c[nH]c(C(=O)OCc2ccccn2)c1. The summed E-state index contributed by atoms with van der Waals surface area (Å²) in [5, 5.41) is 0. The summed E-state index contributed by atoms with van der Waals surface area (Å²) in [6.45, 7) is 1.54. The van der Waals surface area contributed by atoms with Gasteiger partial charge in [-0.15, -0.1) is 0 Å². The number of aromatic amines is 1. The van der Waals surface area contributed by atoms with Gasteiger partial charge in [-0.1, -0.05) is 6.07 Å². The van der Waals surface area contributed by atoms with Crippen LogP contribution >= 0.6 is 0 Å². The molecule has 0 bridgehead atoms. The van der Waals surface area contributed by atoms with E-state index in [1.807, 2.05) is 6.07 Å². The summed E-state index contributed by atoms with van der Waals surface area (Å²) in [5.74, 6) is -0.608. The lowest BCUT2D eigenvalue weighted by molar-refractivity contribution is 0.0461. The standard InChI is InChI=1S/C13H12N2O3/c1-9(16)10-6-12(15-7-10)13(17)18-8-11-4-2-3-5-14-11/h2-7,15H,8H2,1H3. The van der Waals surface area contributed by atoms with Crippen LogP contribution in [-0.4, -0.2) is 21.7 Å². The lowest BCUT2D eigenvalue weighted by Crippen LogP contribution is -2.06. The highest BCUT2D eigenvalue weighted by Crippen LogP contribution is 2.07. The van der Waals surface area contributed by atoms with Crippen molar-refractivity contribution in [2.75, 3.05) is 0 Å². The predicted octanol–water partition coefficient (Wildman–Crippen LogP) is 1.97. The maximum Gasteiger partial charge on any atom is 0.355 e. The van der Waals surface area contributed by atoms with Crippen LogP contribution in [0, 0.1) is 0 Å². The normalized spacial score (nSPS) is 10.1. The summed E-state index contributed by atoms with van der Waals surface area (Å²) in [7, 11) is 0. The zero-order chi connectivity index (χ0) is 13.0. The second-order valence-corrected chi connectivity index (χ2v) is 3.76. The molecule has 0 radical (unpaired) electrons. The average Bonchev–Trinajstić information content (AvgIpc) is 2.87. The molecule has 0 spiro atoms. The van der Waals surface area contributed by atoms with Gasteiger partial charge in [0.05, 0.1) is 5.69 Å². The molecule has 0 unspecified atom stereocenters. The Labute approximate surface area is 104 Å². The van der Waals surface area contributed by atoms with Crippen LogP contribution in [-0.2, 0) is 11.3 Å². The van der Waals surface area contributed by atoms with Gasteiger partial charge in [-0.3, -0.25) is 9.78 Å². The molecule has 92 valence electrons. The monoisotopic (exact) mass is 244 g/mol. The highest BCUT2D eigenvalue weighted by molar-refractivity contribution is 5.97. The summed E-state index contributed by atoms with van der Waals surface area (Å²) in [4.78, 5) is 29.5. The first-order chi connectivity index (χ1) is 8.66. The lowest BCUT2D eigenvalue weighted by atomic mass is 10.2. The van der Waals surface area contributed by atoms with E-state index in [1.54, 1.807) is 18.3 Å². The molecule has 2 rings (SSSR count). The fourth-order valence-electron chi connectivity index (χ4n) is 1.42. The fraction of sp³-hybridized carbons (Fsp3) is 0.154. The molecule has 1 N–H and O–H groups in total. The molecule has 0 aliphatic rings. The van der Waals surface area contributed by atoms with Gasteiger partial charge in [0, 0.05) is 18.0 Å². The van der Waals surface area contributed by atoms with Crippen LogP contribution in [0.5, 0.6) is 0 Å². The third kappa shape index (κ3) is 2.82. The molecular weight excluding hydrogens is 232 g/mol. The number of carbonyl (C=O) groups excluding carboxylic acids is 2. The number of nitrogens with one attached hydrogen (secondary N) is 1. The Balaban J connectivity index is 1.97. The summed E-state index contributed by atoms with van der Waals surface area (Å²) < 4.78 is 5.06. The second kappa shape index (κ2) is 5.27. The van der Waals surface area contributed by atoms with Crippen LogP contribution in [0.3, 0.4) is 0 Å². The van der Waals surface area contributed by atoms with Crippen molar-refractivity contribution in [1.29, 1.82) is 0 Å². The average molecular weight is 244 g/mol. The zero-order valence-electron chi connectivity index (χ0n) is 9.84. The van der Waals surface area contributed by atoms with Crippen molar-refractivity contribution in [2.45, 2.75) is 13.5 Å². The molecule has 18 heavy (non-hydrogen) atoms. The van der Waals surface area contributed by atoms with E-state index >= 15 is 0 Å². The summed E-state index contributed by atoms with van der Waals surface area (Å²) in [6, 6.07) is 6.85. The Morgan fingerprint density at radius 1 is 1.39 bits per heavy atom. The third-order valence-corrected chi connectivity index (χ3v) is 2.39. The van der Waals surface area contributed by atoms with Crippen LogP contribution in [0.2, 0.25) is 0 Å². The van der Waals surface area contributed by atoms with Crippen molar-refractivity contribution in [3.63, 3.8) is 0 Å². The van der Waals surface area contributed by atoms with Crippen molar-refractivity contribution in [1.82, 2.24) is 9.97 Å². The van der Waals surface area contributed by atoms with Gasteiger partial charge in [-0.05, 0) is 25.1 Å². The van der Waals surface area contributed by atoms with Crippen molar-refractivity contribution < 1.29 is 14.3 Å². The van der Waals surface area contributed by atoms with Crippen LogP contribution in [0.25, 0.3) is 0 Å². The number of H-pyrrole nitrogens is 1. The number of ether oxygens (including phenoxy) is 1. The van der Waals surface area contributed by atoms with Crippen LogP contribution < -0.4 is 0 Å². The Morgan fingerprint density at radius 2 is 2.22 bits per heavy atom. The van der Waals surface area contributed by atoms with Gasteiger partial charge >= 0.3 is 5.97 Å². The maximum atomic E-state index is 11.7. The number of hydrogen-bond acceptors (Lipinski definition) is 4. The van der Waals surface area contributed by atoms with Crippen molar-refractivity contribution in [3.05, 3.63) is 53.6 Å². The van der Waals surface area contributed by atoms with E-state index in [4.69, 9.17) is 4.74 Å². The quantitative estimate of drug-likeness (QED) is 0.659. The van der Waals surface area contributed by atoms with Gasteiger partial charge in [0.15, 0.2) is 5.78 Å². The molecule has 0 aliphatic heterocycles. The molecular formula is C13H12N2O3. The van der Waals surface area contributed by atoms with Gasteiger partial charge in [0.2, 0.25) is 0 Å². The first-order valence-electron chi connectivity index (χ1n) is 5.43. The Kier molecular flexibility index (Phi) is 3.52. The summed E-state index contributed by atoms with van der Waals surface area (Å²) in [6.07, 6.45) is 3.12. The Bertz CT molecular complexity index is 561. The van der Waals surface area contributed by atoms with Crippen LogP contribution in [0.15, 0.2) is 36.7 Å². The van der Waals surface area contributed by atoms with E-state index < -0.39 is 5.97 Å². The second-order valence-electron chi connectivity index (χ2n) is 3.76. The lowest BCUT2D eigenvalue weighted by Gasteiger charge is -2.02. The molecule has 5 nitrogen and oxygen atoms in total. The topological polar surface area (TPSA) is 72.0 Å². The minimum absolute atomic E-state index is 0.102. The molecule has 0 amide bonds. The minimum Gasteiger partial charge on any atom is -0.455 e. The molecule has 2 aromatic heterocycles. The molecule has 2 heterocycles. The fourth-order valence-corrected chi connectivity index (χ4v) is 1.42. The number of carbonyl (C=O) groups is 2. The number of aromatic nitrogens is 2. The summed E-state index contributed by atoms with van der Waals surface area (Å²) in [5.41, 5.74) is 1.39. The predicted molar refractivity (Wildman–Crippen MR) is 64.2 cm³/mol. The van der Waals surface area contributed by atoms with Crippen LogP contribution in [0.4, 0.5) is 0 Å². The van der Waals surface area contributed by atoms with Crippen molar-refractivity contribution >= 4 is 11.8 Å². The van der Waals surface area contributed by atoms with E-state index in [1.165, 1.54) is 19.2 Å². The van der Waals surface area contributed by atoms with E-state index in [2.05, 4.69) is 9.97 Å². The smallest absolute Gasteiger partial charge is 0.355 e. The Morgan fingerprint density at radius 3 is 2.83 bits per heavy atom. The minimum atomic E-state index is -0.506. The highest BCUT2D eigenvalue weighted by Gasteiger charge is 2.12. The van der Waals surface area contributed by atoms with Gasteiger partial charge in [-0.2, -0.15) is 0 Å². The molecule has 0 aromatic carbocycles. The van der Waals surface area contributed by atoms with Gasteiger partial charge < -0.3 is 9.72 Å². The number of pyridine rings is 1. The van der Waals surface area contributed by atoms with Gasteiger partial charge in [0.25, 0.3) is 0 Å². The number of nitrogens with zero attached hydrogens (tertiary/aromatic N) is 1. The highest BCUT2D eigenvalue weighted by atomic mass is 16.5. The zero-order valence-corrected chi connectivity index (χ0v) is 9.84. The number of esters is 1. The van der Waals surface area contributed by atoms with Crippen LogP contribution in [0.1, 0.15) is 33.5 Å². The van der Waals surface area contributed by atoms with E-state index in [0.717, 1.165) is 0 Å². The number of ketones is 1. The molecule has 5 heteroatoms. The Hall–Kier alpha value is -2.43. The molecule has 0 atom stereocenters. The number of hydrogen-bond donors (Lipinski definition) is 1. The van der Waals surface area contributed by atoms with Crippen molar-refractivity contribution in [3.8, 4) is 0 Å². The first kappa shape index (κ1) is 12.0. The van der Waals surface area contributed by atoms with Gasteiger partial charge in [-0.25, -0.2) is 4.79 Å². The van der Waals surface area contributed by atoms with Gasteiger partial charge in [0.1, 0.15) is 12.3 Å². The summed E-state index contributed by atoms with van der Waals surface area (Å²) >= 11 is 0. The molecule has 0 fully saturated rings. The third-order valence-electron chi connectivity index (χ3n) is 2.39. The number of rotatable bonds is 4. The molecule has 0 saturated heterocycles. The first-order valence-corrected chi connectivity index (χ1v) is 5.43. The molecule has 0 aliphatic carbocycles. The maximum absolute atomic E-state index is 11.7. The van der Waals surface area contributed by atoms with E-state index in [9.17, 15) is 9.59 Å². The van der Waals surface area contributed by atoms with Crippen molar-refractivity contribution in [2.24, 2.45) is 0 Å². The van der Waals surface area contributed by atoms with E-state index in [0.29, 0.717) is 11.3 Å². The largest absolute Gasteiger partial charge is 0.455 e.